The van der Waals surface area contributed by atoms with Gasteiger partial charge in [0.1, 0.15) is 11.5 Å². The molecule has 2 atom stereocenters. The molecule has 0 bridgehead atoms. The predicted molar refractivity (Wildman–Crippen MR) is 76.9 cm³/mol. The van der Waals surface area contributed by atoms with Crippen LogP contribution in [0.2, 0.25) is 0 Å². The van der Waals surface area contributed by atoms with Crippen LogP contribution >= 0.6 is 0 Å². The Hall–Kier alpha value is -1.26. The predicted octanol–water partition coefficient (Wildman–Crippen LogP) is 2.08. The van der Waals surface area contributed by atoms with E-state index in [0.29, 0.717) is 6.42 Å². The topological polar surface area (TPSA) is 64.7 Å². The lowest BCUT2D eigenvalue weighted by molar-refractivity contribution is 0.219. The largest absolute Gasteiger partial charge is 0.497 e. The Morgan fingerprint density at radius 1 is 1.32 bits per heavy atom. The molecule has 1 aromatic carbocycles. The maximum Gasteiger partial charge on any atom is 0.126 e. The van der Waals surface area contributed by atoms with Crippen LogP contribution in [-0.2, 0) is 5.41 Å². The smallest absolute Gasteiger partial charge is 0.126 e. The Morgan fingerprint density at radius 3 is 2.47 bits per heavy atom. The minimum absolute atomic E-state index is 0.0399. The maximum atomic E-state index is 9.35. The zero-order chi connectivity index (χ0) is 14.5. The molecule has 0 aromatic heterocycles. The molecular weight excluding hydrogens is 242 g/mol. The highest BCUT2D eigenvalue weighted by Crippen LogP contribution is 2.39. The van der Waals surface area contributed by atoms with E-state index in [-0.39, 0.29) is 18.1 Å². The molecule has 19 heavy (non-hydrogen) atoms. The normalized spacial score (nSPS) is 15.7. The minimum atomic E-state index is -0.318. The van der Waals surface area contributed by atoms with Crippen molar-refractivity contribution < 1.29 is 14.6 Å². The van der Waals surface area contributed by atoms with Crippen LogP contribution in [0.3, 0.4) is 0 Å². The first-order valence-corrected chi connectivity index (χ1v) is 6.62. The summed E-state index contributed by atoms with van der Waals surface area (Å²) in [4.78, 5) is 0. The van der Waals surface area contributed by atoms with Crippen molar-refractivity contribution in [3.8, 4) is 11.5 Å². The lowest BCUT2D eigenvalue weighted by Gasteiger charge is -2.36. The number of aliphatic hydroxyl groups excluding tert-OH is 1. The summed E-state index contributed by atoms with van der Waals surface area (Å²) in [5.41, 5.74) is 6.96. The van der Waals surface area contributed by atoms with Crippen LogP contribution < -0.4 is 15.2 Å². The van der Waals surface area contributed by atoms with Crippen molar-refractivity contribution in [3.63, 3.8) is 0 Å². The van der Waals surface area contributed by atoms with Crippen LogP contribution in [0.1, 0.15) is 32.3 Å². The van der Waals surface area contributed by atoms with Crippen LogP contribution in [0.15, 0.2) is 18.2 Å². The van der Waals surface area contributed by atoms with Gasteiger partial charge in [0.15, 0.2) is 0 Å². The van der Waals surface area contributed by atoms with Crippen molar-refractivity contribution in [1.29, 1.82) is 0 Å². The van der Waals surface area contributed by atoms with E-state index < -0.39 is 0 Å². The van der Waals surface area contributed by atoms with E-state index >= 15 is 0 Å². The van der Waals surface area contributed by atoms with Gasteiger partial charge >= 0.3 is 0 Å². The second kappa shape index (κ2) is 6.78. The second-order valence-electron chi connectivity index (χ2n) is 4.97. The zero-order valence-corrected chi connectivity index (χ0v) is 12.3. The third kappa shape index (κ3) is 3.19. The molecule has 0 spiro atoms. The molecule has 2 unspecified atom stereocenters. The molecule has 108 valence electrons. The van der Waals surface area contributed by atoms with Gasteiger partial charge in [-0.2, -0.15) is 0 Å². The second-order valence-corrected chi connectivity index (χ2v) is 4.97. The Balaban J connectivity index is 3.29. The fourth-order valence-electron chi connectivity index (χ4n) is 2.47. The summed E-state index contributed by atoms with van der Waals surface area (Å²) in [6.07, 6.45) is 1.44. The summed E-state index contributed by atoms with van der Waals surface area (Å²) >= 11 is 0. The lowest BCUT2D eigenvalue weighted by Crippen LogP contribution is -2.43. The molecule has 4 nitrogen and oxygen atoms in total. The van der Waals surface area contributed by atoms with Crippen molar-refractivity contribution in [2.24, 2.45) is 5.73 Å². The molecule has 1 aromatic rings. The summed E-state index contributed by atoms with van der Waals surface area (Å²) in [6.45, 7) is 4.22. The number of hydrogen-bond acceptors (Lipinski definition) is 4. The van der Waals surface area contributed by atoms with E-state index in [2.05, 4.69) is 13.8 Å². The molecule has 0 aliphatic carbocycles. The summed E-state index contributed by atoms with van der Waals surface area (Å²) < 4.78 is 10.7. The average molecular weight is 267 g/mol. The minimum Gasteiger partial charge on any atom is -0.497 e. The first-order chi connectivity index (χ1) is 9.03. The summed E-state index contributed by atoms with van der Waals surface area (Å²) in [5, 5.41) is 9.35. The van der Waals surface area contributed by atoms with Crippen LogP contribution in [0, 0.1) is 0 Å². The van der Waals surface area contributed by atoms with E-state index in [9.17, 15) is 5.11 Å². The molecule has 0 aliphatic rings. The van der Waals surface area contributed by atoms with Gasteiger partial charge < -0.3 is 20.3 Å². The number of hydrogen-bond donors (Lipinski definition) is 2. The third-order valence-corrected chi connectivity index (χ3v) is 3.91. The van der Waals surface area contributed by atoms with Crippen LogP contribution in [0.4, 0.5) is 0 Å². The first-order valence-electron chi connectivity index (χ1n) is 6.62. The van der Waals surface area contributed by atoms with Crippen molar-refractivity contribution in [2.45, 2.75) is 38.1 Å². The van der Waals surface area contributed by atoms with Gasteiger partial charge in [-0.05, 0) is 18.9 Å². The van der Waals surface area contributed by atoms with E-state index in [1.165, 1.54) is 0 Å². The lowest BCUT2D eigenvalue weighted by atomic mass is 9.72. The molecule has 0 radical (unpaired) electrons. The van der Waals surface area contributed by atoms with Crippen molar-refractivity contribution in [1.82, 2.24) is 0 Å². The monoisotopic (exact) mass is 267 g/mol. The van der Waals surface area contributed by atoms with Gasteiger partial charge in [-0.15, -0.1) is 0 Å². The number of rotatable bonds is 7. The van der Waals surface area contributed by atoms with Crippen LogP contribution in [0.5, 0.6) is 11.5 Å². The van der Waals surface area contributed by atoms with Gasteiger partial charge in [-0.1, -0.05) is 19.9 Å². The van der Waals surface area contributed by atoms with Gasteiger partial charge in [-0.25, -0.2) is 0 Å². The first kappa shape index (κ1) is 15.8. The molecule has 1 rings (SSSR count). The molecule has 0 heterocycles. The molecule has 0 fully saturated rings. The van der Waals surface area contributed by atoms with Gasteiger partial charge in [0, 0.05) is 29.7 Å². The van der Waals surface area contributed by atoms with E-state index in [1.54, 1.807) is 14.2 Å². The molecule has 4 heteroatoms. The number of aliphatic hydroxyl groups is 1. The molecule has 0 aliphatic heterocycles. The van der Waals surface area contributed by atoms with Gasteiger partial charge in [0.25, 0.3) is 0 Å². The van der Waals surface area contributed by atoms with Crippen molar-refractivity contribution >= 4 is 0 Å². The van der Waals surface area contributed by atoms with Gasteiger partial charge in [-0.3, -0.25) is 0 Å². The highest BCUT2D eigenvalue weighted by atomic mass is 16.5. The molecule has 0 saturated carbocycles. The standard InChI is InChI=1S/C15H25NO3/c1-5-14(16)15(2,8-9-17)12-7-6-11(18-3)10-13(12)19-4/h6-7,10,14,17H,5,8-9,16H2,1-4H3. The number of methoxy groups -OCH3 is 2. The van der Waals surface area contributed by atoms with Crippen LogP contribution in [-0.4, -0.2) is 32.0 Å². The SMILES string of the molecule is CCC(N)C(C)(CCO)c1ccc(OC)cc1OC. The molecule has 0 amide bonds. The van der Waals surface area contributed by atoms with E-state index in [1.807, 2.05) is 18.2 Å². The number of benzene rings is 1. The number of ether oxygens (including phenoxy) is 2. The Morgan fingerprint density at radius 2 is 2.00 bits per heavy atom. The summed E-state index contributed by atoms with van der Waals surface area (Å²) in [6, 6.07) is 5.69. The number of nitrogens with two attached hydrogens (primary N) is 1. The fraction of sp³-hybridized carbons (Fsp3) is 0.600. The summed E-state index contributed by atoms with van der Waals surface area (Å²) in [5.74, 6) is 1.50. The maximum absolute atomic E-state index is 9.35. The summed E-state index contributed by atoms with van der Waals surface area (Å²) in [7, 11) is 3.26. The molecule has 3 N–H and O–H groups in total. The van der Waals surface area contributed by atoms with Crippen molar-refractivity contribution in [2.75, 3.05) is 20.8 Å². The Labute approximate surface area is 115 Å². The zero-order valence-electron chi connectivity index (χ0n) is 12.3. The third-order valence-electron chi connectivity index (χ3n) is 3.91. The van der Waals surface area contributed by atoms with Crippen LogP contribution in [0.25, 0.3) is 0 Å². The Kier molecular flexibility index (Phi) is 5.63. The highest BCUT2D eigenvalue weighted by Gasteiger charge is 2.34. The Bertz CT molecular complexity index is 408. The highest BCUT2D eigenvalue weighted by molar-refractivity contribution is 5.45. The quantitative estimate of drug-likeness (QED) is 0.794. The molecule has 0 saturated heterocycles. The fourth-order valence-corrected chi connectivity index (χ4v) is 2.47. The van der Waals surface area contributed by atoms with Crippen molar-refractivity contribution in [3.05, 3.63) is 23.8 Å². The van der Waals surface area contributed by atoms with Gasteiger partial charge in [0.2, 0.25) is 0 Å². The van der Waals surface area contributed by atoms with E-state index in [4.69, 9.17) is 15.2 Å². The molecular formula is C15H25NO3. The van der Waals surface area contributed by atoms with E-state index in [0.717, 1.165) is 23.5 Å². The average Bonchev–Trinajstić information content (AvgIpc) is 2.45. The van der Waals surface area contributed by atoms with Gasteiger partial charge in [0.05, 0.1) is 14.2 Å².